The number of nitro benzene ring substituents is 1. The second kappa shape index (κ2) is 5.25. The van der Waals surface area contributed by atoms with E-state index in [2.05, 4.69) is 10.3 Å². The molecule has 1 N–H and O–H groups in total. The summed E-state index contributed by atoms with van der Waals surface area (Å²) >= 11 is 1.48. The number of hydrogen-bond donors (Lipinski definition) is 1. The summed E-state index contributed by atoms with van der Waals surface area (Å²) in [5.74, 6) is -0.370. The largest absolute Gasteiger partial charge is 0.298 e. The van der Waals surface area contributed by atoms with Crippen LogP contribution in [0.1, 0.15) is 32.9 Å². The summed E-state index contributed by atoms with van der Waals surface area (Å²) in [6.07, 6.45) is 3.09. The van der Waals surface area contributed by atoms with E-state index in [9.17, 15) is 14.9 Å². The van der Waals surface area contributed by atoms with Crippen molar-refractivity contribution in [3.8, 4) is 0 Å². The molecule has 1 aliphatic rings. The number of aryl methyl sites for hydroxylation is 3. The Balaban J connectivity index is 1.81. The lowest BCUT2D eigenvalue weighted by Gasteiger charge is -2.03. The van der Waals surface area contributed by atoms with Crippen molar-refractivity contribution in [2.45, 2.75) is 26.2 Å². The second-order valence-electron chi connectivity index (χ2n) is 4.95. The van der Waals surface area contributed by atoms with Crippen LogP contribution in [0.25, 0.3) is 0 Å². The number of nitro groups is 1. The number of carbonyl (C=O) groups is 1. The molecule has 1 aromatic heterocycles. The molecular formula is C14H13N3O3S. The maximum absolute atomic E-state index is 12.2. The predicted octanol–water partition coefficient (Wildman–Crippen LogP) is 3.10. The van der Waals surface area contributed by atoms with Gasteiger partial charge in [0.15, 0.2) is 5.13 Å². The van der Waals surface area contributed by atoms with Gasteiger partial charge in [0, 0.05) is 22.1 Å². The first-order chi connectivity index (χ1) is 10.0. The topological polar surface area (TPSA) is 85.1 Å². The Bertz CT molecular complexity index is 718. The lowest BCUT2D eigenvalue weighted by molar-refractivity contribution is -0.385. The molecule has 7 heteroatoms. The Kier molecular flexibility index (Phi) is 3.42. The molecule has 3 rings (SSSR count). The van der Waals surface area contributed by atoms with E-state index in [1.165, 1.54) is 22.3 Å². The number of benzene rings is 1. The lowest BCUT2D eigenvalue weighted by Crippen LogP contribution is -2.12. The predicted molar refractivity (Wildman–Crippen MR) is 79.9 cm³/mol. The van der Waals surface area contributed by atoms with Crippen molar-refractivity contribution in [2.75, 3.05) is 5.32 Å². The molecule has 1 amide bonds. The van der Waals surface area contributed by atoms with E-state index >= 15 is 0 Å². The van der Waals surface area contributed by atoms with Gasteiger partial charge in [-0.15, -0.1) is 11.3 Å². The molecule has 1 aromatic carbocycles. The van der Waals surface area contributed by atoms with E-state index in [1.807, 2.05) is 0 Å². The van der Waals surface area contributed by atoms with Gasteiger partial charge < -0.3 is 0 Å². The fourth-order valence-corrected chi connectivity index (χ4v) is 3.41. The molecule has 0 aliphatic heterocycles. The maximum atomic E-state index is 12.2. The number of anilines is 1. The smallest absolute Gasteiger partial charge is 0.273 e. The fraction of sp³-hybridized carbons (Fsp3) is 0.286. The zero-order valence-corrected chi connectivity index (χ0v) is 12.2. The second-order valence-corrected chi connectivity index (χ2v) is 6.04. The van der Waals surface area contributed by atoms with Gasteiger partial charge in [-0.2, -0.15) is 0 Å². The van der Waals surface area contributed by atoms with E-state index in [-0.39, 0.29) is 17.2 Å². The number of nitrogens with zero attached hydrogens (tertiary/aromatic N) is 2. The zero-order valence-electron chi connectivity index (χ0n) is 11.4. The molecule has 0 unspecified atom stereocenters. The third-order valence-electron chi connectivity index (χ3n) is 3.48. The molecule has 2 aromatic rings. The first kappa shape index (κ1) is 13.7. The molecule has 1 aliphatic carbocycles. The standard InChI is InChI=1S/C14H13N3O3S/c1-8-5-6-9(7-11(8)17(19)20)13(18)16-14-15-10-3-2-4-12(10)21-14/h5-7H,2-4H2,1H3,(H,15,16,18). The quantitative estimate of drug-likeness (QED) is 0.697. The van der Waals surface area contributed by atoms with E-state index in [0.29, 0.717) is 10.7 Å². The average Bonchev–Trinajstić information content (AvgIpc) is 2.99. The van der Waals surface area contributed by atoms with Crippen LogP contribution in [-0.4, -0.2) is 15.8 Å². The van der Waals surface area contributed by atoms with Gasteiger partial charge in [-0.3, -0.25) is 20.2 Å². The van der Waals surface area contributed by atoms with E-state index in [4.69, 9.17) is 0 Å². The summed E-state index contributed by atoms with van der Waals surface area (Å²) in [7, 11) is 0. The van der Waals surface area contributed by atoms with Crippen LogP contribution in [0.4, 0.5) is 10.8 Å². The SMILES string of the molecule is Cc1ccc(C(=O)Nc2nc3c(s2)CCC3)cc1[N+](=O)[O-]. The third kappa shape index (κ3) is 2.64. The van der Waals surface area contributed by atoms with E-state index in [1.54, 1.807) is 19.1 Å². The van der Waals surface area contributed by atoms with Gasteiger partial charge in [-0.1, -0.05) is 6.07 Å². The summed E-state index contributed by atoms with van der Waals surface area (Å²) < 4.78 is 0. The Morgan fingerprint density at radius 3 is 2.95 bits per heavy atom. The van der Waals surface area contributed by atoms with Crippen LogP contribution in [0, 0.1) is 17.0 Å². The Morgan fingerprint density at radius 1 is 1.43 bits per heavy atom. The van der Waals surface area contributed by atoms with Crippen molar-refractivity contribution >= 4 is 28.1 Å². The number of nitrogens with one attached hydrogen (secondary N) is 1. The third-order valence-corrected chi connectivity index (χ3v) is 4.56. The molecule has 0 atom stereocenters. The summed E-state index contributed by atoms with van der Waals surface area (Å²) in [5.41, 5.74) is 1.81. The number of fused-ring (bicyclic) bond motifs is 1. The summed E-state index contributed by atoms with van der Waals surface area (Å²) in [6, 6.07) is 4.46. The first-order valence-electron chi connectivity index (χ1n) is 6.59. The maximum Gasteiger partial charge on any atom is 0.273 e. The van der Waals surface area contributed by atoms with Gasteiger partial charge in [-0.05, 0) is 32.3 Å². The van der Waals surface area contributed by atoms with Crippen molar-refractivity contribution in [3.05, 3.63) is 50.0 Å². The number of amides is 1. The normalized spacial score (nSPS) is 13.0. The van der Waals surface area contributed by atoms with Crippen LogP contribution >= 0.6 is 11.3 Å². The highest BCUT2D eigenvalue weighted by Gasteiger charge is 2.19. The van der Waals surface area contributed by atoms with Crippen molar-refractivity contribution in [2.24, 2.45) is 0 Å². The number of aromatic nitrogens is 1. The summed E-state index contributed by atoms with van der Waals surface area (Å²) in [4.78, 5) is 28.2. The molecule has 0 bridgehead atoms. The average molecular weight is 303 g/mol. The molecule has 0 saturated heterocycles. The van der Waals surface area contributed by atoms with Crippen molar-refractivity contribution in [1.29, 1.82) is 0 Å². The molecular weight excluding hydrogens is 290 g/mol. The molecule has 0 saturated carbocycles. The van der Waals surface area contributed by atoms with Crippen molar-refractivity contribution in [3.63, 3.8) is 0 Å². The number of hydrogen-bond acceptors (Lipinski definition) is 5. The Labute approximate surface area is 125 Å². The highest BCUT2D eigenvalue weighted by molar-refractivity contribution is 7.15. The lowest BCUT2D eigenvalue weighted by atomic mass is 10.1. The minimum absolute atomic E-state index is 0.0516. The molecule has 108 valence electrons. The molecule has 0 radical (unpaired) electrons. The Morgan fingerprint density at radius 2 is 2.24 bits per heavy atom. The summed E-state index contributed by atoms with van der Waals surface area (Å²) in [6.45, 7) is 1.64. The van der Waals surface area contributed by atoms with E-state index < -0.39 is 4.92 Å². The van der Waals surface area contributed by atoms with Gasteiger partial charge in [0.1, 0.15) is 0 Å². The van der Waals surface area contributed by atoms with E-state index in [0.717, 1.165) is 25.0 Å². The van der Waals surface area contributed by atoms with Crippen molar-refractivity contribution < 1.29 is 9.72 Å². The van der Waals surface area contributed by atoms with Crippen LogP contribution < -0.4 is 5.32 Å². The van der Waals surface area contributed by atoms with Crippen LogP contribution in [-0.2, 0) is 12.8 Å². The minimum atomic E-state index is -0.482. The van der Waals surface area contributed by atoms with Crippen LogP contribution in [0.15, 0.2) is 18.2 Å². The molecule has 0 fully saturated rings. The number of carbonyl (C=O) groups excluding carboxylic acids is 1. The number of thiazole rings is 1. The van der Waals surface area contributed by atoms with Crippen LogP contribution in [0.5, 0.6) is 0 Å². The first-order valence-corrected chi connectivity index (χ1v) is 7.41. The van der Waals surface area contributed by atoms with Gasteiger partial charge in [0.2, 0.25) is 0 Å². The fourth-order valence-electron chi connectivity index (χ4n) is 2.36. The summed E-state index contributed by atoms with van der Waals surface area (Å²) in [5, 5.41) is 14.2. The number of rotatable bonds is 3. The molecule has 1 heterocycles. The zero-order chi connectivity index (χ0) is 15.0. The monoisotopic (exact) mass is 303 g/mol. The highest BCUT2D eigenvalue weighted by Crippen LogP contribution is 2.30. The molecule has 21 heavy (non-hydrogen) atoms. The van der Waals surface area contributed by atoms with Gasteiger partial charge in [0.25, 0.3) is 11.6 Å². The van der Waals surface area contributed by atoms with Gasteiger partial charge in [0.05, 0.1) is 10.6 Å². The van der Waals surface area contributed by atoms with Crippen LogP contribution in [0.3, 0.4) is 0 Å². The molecule has 0 spiro atoms. The molecule has 6 nitrogen and oxygen atoms in total. The van der Waals surface area contributed by atoms with Crippen molar-refractivity contribution in [1.82, 2.24) is 4.98 Å². The van der Waals surface area contributed by atoms with Crippen LogP contribution in [0.2, 0.25) is 0 Å². The highest BCUT2D eigenvalue weighted by atomic mass is 32.1. The van der Waals surface area contributed by atoms with Gasteiger partial charge in [-0.25, -0.2) is 4.98 Å². The van der Waals surface area contributed by atoms with Gasteiger partial charge >= 0.3 is 0 Å². The minimum Gasteiger partial charge on any atom is -0.298 e. The Hall–Kier alpha value is -2.28.